The van der Waals surface area contributed by atoms with Gasteiger partial charge in [-0.2, -0.15) is 13.2 Å². The average Bonchev–Trinajstić information content (AvgIpc) is 3.09. The molecular weight excluding hydrogens is 689 g/mol. The van der Waals surface area contributed by atoms with E-state index in [1.807, 2.05) is 13.8 Å². The fourth-order valence-corrected chi connectivity index (χ4v) is 6.65. The second kappa shape index (κ2) is 17.2. The summed E-state index contributed by atoms with van der Waals surface area (Å²) in [5.41, 5.74) is -0.394. The molecule has 0 radical (unpaired) electrons. The molecule has 0 fully saturated rings. The molecule has 0 saturated heterocycles. The normalized spacial score (nSPS) is 20.0. The van der Waals surface area contributed by atoms with Crippen LogP contribution in [0.3, 0.4) is 0 Å². The second-order valence-corrected chi connectivity index (χ2v) is 14.5. The maximum absolute atomic E-state index is 14.3. The van der Waals surface area contributed by atoms with Crippen molar-refractivity contribution >= 4 is 33.3 Å². The van der Waals surface area contributed by atoms with Crippen molar-refractivity contribution in [2.75, 3.05) is 43.4 Å². The molecule has 1 aliphatic rings. The number of anilines is 2. The molecule has 1 heterocycles. The molecule has 51 heavy (non-hydrogen) atoms. The Labute approximate surface area is 296 Å². The number of alkyl halides is 3. The van der Waals surface area contributed by atoms with Gasteiger partial charge in [-0.15, -0.1) is 0 Å². The van der Waals surface area contributed by atoms with Crippen molar-refractivity contribution in [2.45, 2.75) is 69.4 Å². The zero-order valence-corrected chi connectivity index (χ0v) is 29.8. The van der Waals surface area contributed by atoms with E-state index in [1.54, 1.807) is 31.2 Å². The molecule has 3 aromatic rings. The first kappa shape index (κ1) is 39.4. The Morgan fingerprint density at radius 1 is 1.04 bits per heavy atom. The van der Waals surface area contributed by atoms with Crippen LogP contribution in [0.4, 0.5) is 29.3 Å². The lowest BCUT2D eigenvalue weighted by Gasteiger charge is -2.35. The highest BCUT2D eigenvalue weighted by Gasteiger charge is 2.32. The zero-order valence-electron chi connectivity index (χ0n) is 29.0. The van der Waals surface area contributed by atoms with Crippen molar-refractivity contribution in [3.05, 3.63) is 83.9 Å². The SMILES string of the molecule is C[C@@H]1CCCCO[C@H](CN(C)C(=O)Nc2ccc(C(F)(F)F)cc2)[C@@H](C)CN([C@@H](C)CO)C(=O)c2cc(NS(=O)(=O)c3ccccc3)ccc2O1. The second-order valence-electron chi connectivity index (χ2n) is 12.8. The fraction of sp³-hybridized carbons (Fsp3) is 0.444. The van der Waals surface area contributed by atoms with E-state index in [2.05, 4.69) is 10.0 Å². The van der Waals surface area contributed by atoms with Gasteiger partial charge in [0.25, 0.3) is 15.9 Å². The van der Waals surface area contributed by atoms with Crippen molar-refractivity contribution in [2.24, 2.45) is 5.92 Å². The largest absolute Gasteiger partial charge is 0.490 e. The highest BCUT2D eigenvalue weighted by Crippen LogP contribution is 2.31. The van der Waals surface area contributed by atoms with E-state index in [0.29, 0.717) is 19.4 Å². The predicted molar refractivity (Wildman–Crippen MR) is 187 cm³/mol. The molecule has 0 unspecified atom stereocenters. The minimum absolute atomic E-state index is 0.0506. The molecule has 3 N–H and O–H groups in total. The monoisotopic (exact) mass is 734 g/mol. The van der Waals surface area contributed by atoms with Crippen LogP contribution in [0.15, 0.2) is 77.7 Å². The third kappa shape index (κ3) is 10.8. The summed E-state index contributed by atoms with van der Waals surface area (Å²) >= 11 is 0. The Morgan fingerprint density at radius 3 is 2.35 bits per heavy atom. The fourth-order valence-electron chi connectivity index (χ4n) is 5.58. The number of rotatable bonds is 8. The van der Waals surface area contributed by atoms with Gasteiger partial charge in [-0.1, -0.05) is 25.1 Å². The summed E-state index contributed by atoms with van der Waals surface area (Å²) in [5.74, 6) is -0.617. The van der Waals surface area contributed by atoms with Crippen LogP contribution in [0, 0.1) is 5.92 Å². The third-order valence-corrected chi connectivity index (χ3v) is 10.0. The molecule has 0 spiro atoms. The highest BCUT2D eigenvalue weighted by atomic mass is 32.2. The number of ether oxygens (including phenoxy) is 2. The smallest absolute Gasteiger partial charge is 0.416 e. The van der Waals surface area contributed by atoms with Gasteiger partial charge in [-0.25, -0.2) is 13.2 Å². The Morgan fingerprint density at radius 2 is 1.71 bits per heavy atom. The van der Waals surface area contributed by atoms with Gasteiger partial charge in [-0.3, -0.25) is 9.52 Å². The van der Waals surface area contributed by atoms with Gasteiger partial charge in [-0.05, 0) is 87.7 Å². The predicted octanol–water partition coefficient (Wildman–Crippen LogP) is 6.47. The minimum atomic E-state index is -4.50. The zero-order chi connectivity index (χ0) is 37.3. The number of fused-ring (bicyclic) bond motifs is 1. The topological polar surface area (TPSA) is 138 Å². The number of sulfonamides is 1. The first-order chi connectivity index (χ1) is 24.1. The van der Waals surface area contributed by atoms with E-state index in [9.17, 15) is 36.3 Å². The van der Waals surface area contributed by atoms with Crippen molar-refractivity contribution in [1.29, 1.82) is 0 Å². The Hall–Kier alpha value is -4.34. The standard InChI is InChI=1S/C36H45F3N4O7S/c1-24-21-43(25(2)23-44)34(45)31-20-29(41-51(47,48)30-11-6-5-7-12-30)17-18-32(31)50-26(3)10-8-9-19-49-33(24)22-42(4)35(46)40-28-15-13-27(14-16-28)36(37,38)39/h5-7,11-18,20,24-26,33,41,44H,8-10,19,21-23H2,1-4H3,(H,40,46)/t24-,25-,26+,33+/m0/s1. The van der Waals surface area contributed by atoms with Gasteiger partial charge in [0, 0.05) is 44.0 Å². The highest BCUT2D eigenvalue weighted by molar-refractivity contribution is 7.92. The number of likely N-dealkylation sites (N-methyl/N-ethyl adjacent to an activating group) is 1. The van der Waals surface area contributed by atoms with Gasteiger partial charge < -0.3 is 29.7 Å². The van der Waals surface area contributed by atoms with Gasteiger partial charge in [0.05, 0.1) is 40.9 Å². The molecule has 4 atom stereocenters. The molecule has 0 saturated carbocycles. The lowest BCUT2D eigenvalue weighted by Crippen LogP contribution is -2.48. The van der Waals surface area contributed by atoms with E-state index in [-0.39, 0.29) is 59.3 Å². The summed E-state index contributed by atoms with van der Waals surface area (Å²) in [6.45, 7) is 5.58. The average molecular weight is 735 g/mol. The number of halogens is 3. The van der Waals surface area contributed by atoms with Crippen LogP contribution in [-0.2, 0) is 20.9 Å². The van der Waals surface area contributed by atoms with Crippen molar-refractivity contribution in [1.82, 2.24) is 9.80 Å². The number of urea groups is 1. The number of benzene rings is 3. The van der Waals surface area contributed by atoms with Crippen LogP contribution >= 0.6 is 0 Å². The molecule has 11 nitrogen and oxygen atoms in total. The number of carbonyl (C=O) groups excluding carboxylic acids is 2. The van der Waals surface area contributed by atoms with Gasteiger partial charge in [0.1, 0.15) is 5.75 Å². The molecule has 15 heteroatoms. The van der Waals surface area contributed by atoms with Crippen LogP contribution in [0.2, 0.25) is 0 Å². The maximum atomic E-state index is 14.3. The molecule has 3 amide bonds. The van der Waals surface area contributed by atoms with E-state index >= 15 is 0 Å². The van der Waals surface area contributed by atoms with E-state index in [0.717, 1.165) is 18.6 Å². The number of amides is 3. The van der Waals surface area contributed by atoms with Crippen LogP contribution in [-0.4, -0.2) is 86.9 Å². The molecule has 278 valence electrons. The summed E-state index contributed by atoms with van der Waals surface area (Å²) in [4.78, 5) is 30.3. The lowest BCUT2D eigenvalue weighted by molar-refractivity contribution is -0.137. The summed E-state index contributed by atoms with van der Waals surface area (Å²) in [6.07, 6.45) is -3.33. The molecule has 3 aromatic carbocycles. The Bertz CT molecular complexity index is 1730. The van der Waals surface area contributed by atoms with Crippen molar-refractivity contribution in [3.8, 4) is 5.75 Å². The van der Waals surface area contributed by atoms with Gasteiger partial charge in [0.2, 0.25) is 0 Å². The quantitative estimate of drug-likeness (QED) is 0.242. The van der Waals surface area contributed by atoms with E-state index in [1.165, 1.54) is 53.2 Å². The number of hydrogen-bond acceptors (Lipinski definition) is 7. The molecule has 0 aliphatic carbocycles. The van der Waals surface area contributed by atoms with Gasteiger partial charge >= 0.3 is 12.2 Å². The Balaban J connectivity index is 1.59. The third-order valence-electron chi connectivity index (χ3n) is 8.62. The number of nitrogens with zero attached hydrogens (tertiary/aromatic N) is 2. The van der Waals surface area contributed by atoms with Crippen LogP contribution in [0.5, 0.6) is 5.75 Å². The van der Waals surface area contributed by atoms with E-state index < -0.39 is 45.8 Å². The number of aliphatic hydroxyl groups is 1. The number of aliphatic hydroxyl groups excluding tert-OH is 1. The maximum Gasteiger partial charge on any atom is 0.416 e. The first-order valence-corrected chi connectivity index (χ1v) is 18.2. The lowest BCUT2D eigenvalue weighted by atomic mass is 10.0. The van der Waals surface area contributed by atoms with Crippen molar-refractivity contribution in [3.63, 3.8) is 0 Å². The molecule has 0 bridgehead atoms. The van der Waals surface area contributed by atoms with Gasteiger partial charge in [0.15, 0.2) is 0 Å². The minimum Gasteiger partial charge on any atom is -0.490 e. The number of carbonyl (C=O) groups is 2. The van der Waals surface area contributed by atoms with E-state index in [4.69, 9.17) is 9.47 Å². The number of hydrogen-bond donors (Lipinski definition) is 3. The summed E-state index contributed by atoms with van der Waals surface area (Å²) in [7, 11) is -2.43. The van der Waals surface area contributed by atoms with Crippen LogP contribution < -0.4 is 14.8 Å². The molecule has 4 rings (SSSR count). The van der Waals surface area contributed by atoms with Crippen LogP contribution in [0.25, 0.3) is 0 Å². The molecule has 1 aliphatic heterocycles. The van der Waals surface area contributed by atoms with Crippen LogP contribution in [0.1, 0.15) is 56.0 Å². The summed E-state index contributed by atoms with van der Waals surface area (Å²) < 4.78 is 80.2. The molecular formula is C36H45F3N4O7S. The Kier molecular flexibility index (Phi) is 13.3. The summed E-state index contributed by atoms with van der Waals surface area (Å²) in [5, 5.41) is 12.8. The molecule has 0 aromatic heterocycles. The number of nitrogens with one attached hydrogen (secondary N) is 2. The first-order valence-electron chi connectivity index (χ1n) is 16.7. The summed E-state index contributed by atoms with van der Waals surface area (Å²) in [6, 6.07) is 15.2. The van der Waals surface area contributed by atoms with Crippen molar-refractivity contribution < 1.29 is 45.8 Å².